The van der Waals surface area contributed by atoms with Crippen molar-refractivity contribution in [3.63, 3.8) is 0 Å². The topological polar surface area (TPSA) is 81.6 Å². The van der Waals surface area contributed by atoms with Crippen molar-refractivity contribution in [1.29, 1.82) is 5.26 Å². The fourth-order valence-electron chi connectivity index (χ4n) is 2.42. The van der Waals surface area contributed by atoms with Gasteiger partial charge in [0.1, 0.15) is 23.3 Å². The molecule has 0 amide bonds. The summed E-state index contributed by atoms with van der Waals surface area (Å²) in [7, 11) is 0. The van der Waals surface area contributed by atoms with Gasteiger partial charge in [-0.25, -0.2) is 13.8 Å². The maximum absolute atomic E-state index is 14.6. The second kappa shape index (κ2) is 7.47. The zero-order chi connectivity index (χ0) is 20.5. The number of rotatable bonds is 5. The highest BCUT2D eigenvalue weighted by molar-refractivity contribution is 8.00. The molecule has 2 heterocycles. The third-order valence-corrected chi connectivity index (χ3v) is 4.48. The molecule has 0 spiro atoms. The monoisotopic (exact) mass is 412 g/mol. The van der Waals surface area contributed by atoms with E-state index < -0.39 is 40.6 Å². The van der Waals surface area contributed by atoms with Gasteiger partial charge < -0.3 is 9.71 Å². The number of alkyl halides is 3. The van der Waals surface area contributed by atoms with Gasteiger partial charge in [-0.2, -0.15) is 18.4 Å². The maximum atomic E-state index is 14.6. The van der Waals surface area contributed by atoms with Crippen LogP contribution in [0.5, 0.6) is 0 Å². The number of H-pyrrole nitrogens is 1. The summed E-state index contributed by atoms with van der Waals surface area (Å²) >= 11 is 0.158. The first-order valence-electron chi connectivity index (χ1n) is 7.55. The molecular formula is C17H9F5N4OS. The number of nitriles is 1. The van der Waals surface area contributed by atoms with Gasteiger partial charge in [-0.3, -0.25) is 4.79 Å². The molecule has 2 N–H and O–H groups in total. The molecule has 2 aromatic heterocycles. The molecular weight excluding hydrogens is 403 g/mol. The number of nitrogens with one attached hydrogen (secondary N) is 2. The summed E-state index contributed by atoms with van der Waals surface area (Å²) in [5, 5.41) is 9.14. The Bertz CT molecular complexity index is 1100. The highest BCUT2D eigenvalue weighted by Crippen LogP contribution is 2.29. The molecule has 0 saturated carbocycles. The predicted octanol–water partition coefficient (Wildman–Crippen LogP) is 4.57. The van der Waals surface area contributed by atoms with Gasteiger partial charge in [0.25, 0.3) is 0 Å². The average molecular weight is 412 g/mol. The van der Waals surface area contributed by atoms with Crippen LogP contribution in [0.15, 0.2) is 30.6 Å². The van der Waals surface area contributed by atoms with Crippen molar-refractivity contribution >= 4 is 34.5 Å². The lowest BCUT2D eigenvalue weighted by atomic mass is 10.0. The number of fused-ring (bicyclic) bond motifs is 1. The first kappa shape index (κ1) is 19.6. The van der Waals surface area contributed by atoms with Crippen LogP contribution in [0.1, 0.15) is 21.5 Å². The van der Waals surface area contributed by atoms with E-state index in [0.29, 0.717) is 0 Å². The Labute approximate surface area is 158 Å². The number of carbonyl (C=O) groups excluding carboxylic acids is 1. The number of ketones is 1. The van der Waals surface area contributed by atoms with Gasteiger partial charge in [-0.05, 0) is 30.1 Å². The number of hydrogen-bond acceptors (Lipinski definition) is 5. The normalized spacial score (nSPS) is 11.4. The summed E-state index contributed by atoms with van der Waals surface area (Å²) in [4.78, 5) is 19.3. The lowest BCUT2D eigenvalue weighted by Gasteiger charge is -2.11. The van der Waals surface area contributed by atoms with E-state index in [1.807, 2.05) is 6.07 Å². The average Bonchev–Trinajstić information content (AvgIpc) is 3.05. The van der Waals surface area contributed by atoms with Gasteiger partial charge in [0, 0.05) is 23.3 Å². The fourth-order valence-corrected chi connectivity index (χ4v) is 2.97. The van der Waals surface area contributed by atoms with E-state index in [9.17, 15) is 26.7 Å². The van der Waals surface area contributed by atoms with E-state index in [2.05, 4.69) is 14.7 Å². The molecule has 3 aromatic rings. The van der Waals surface area contributed by atoms with Crippen molar-refractivity contribution in [2.75, 3.05) is 10.5 Å². The van der Waals surface area contributed by atoms with E-state index in [1.165, 1.54) is 18.5 Å². The zero-order valence-corrected chi connectivity index (χ0v) is 14.5. The summed E-state index contributed by atoms with van der Waals surface area (Å²) < 4.78 is 67.6. The summed E-state index contributed by atoms with van der Waals surface area (Å²) in [6.07, 6.45) is -2.03. The minimum atomic E-state index is -4.48. The van der Waals surface area contributed by atoms with Crippen molar-refractivity contribution in [2.45, 2.75) is 6.18 Å². The molecule has 144 valence electrons. The molecule has 0 aliphatic rings. The van der Waals surface area contributed by atoms with Gasteiger partial charge in [-0.1, -0.05) is 0 Å². The Morgan fingerprint density at radius 2 is 2.07 bits per heavy atom. The van der Waals surface area contributed by atoms with E-state index in [0.717, 1.165) is 12.1 Å². The molecule has 0 aliphatic carbocycles. The van der Waals surface area contributed by atoms with Crippen LogP contribution in [0.2, 0.25) is 0 Å². The minimum absolute atomic E-state index is 0.127. The highest BCUT2D eigenvalue weighted by atomic mass is 32.2. The molecule has 0 saturated heterocycles. The number of carbonyl (C=O) groups is 1. The van der Waals surface area contributed by atoms with E-state index in [4.69, 9.17) is 5.26 Å². The molecule has 0 atom stereocenters. The summed E-state index contributed by atoms with van der Waals surface area (Å²) in [5.41, 5.74) is -1.15. The lowest BCUT2D eigenvalue weighted by molar-refractivity contribution is -0.105. The molecule has 11 heteroatoms. The fraction of sp³-hybridized carbons (Fsp3) is 0.118. The van der Waals surface area contributed by atoms with Crippen molar-refractivity contribution < 1.29 is 26.7 Å². The second-order valence-electron chi connectivity index (χ2n) is 5.55. The summed E-state index contributed by atoms with van der Waals surface area (Å²) in [6.45, 7) is 0. The molecule has 3 rings (SSSR count). The minimum Gasteiger partial charge on any atom is -0.345 e. The molecule has 5 nitrogen and oxygen atoms in total. The molecule has 0 unspecified atom stereocenters. The van der Waals surface area contributed by atoms with Crippen LogP contribution < -0.4 is 4.72 Å². The predicted molar refractivity (Wildman–Crippen MR) is 92.7 cm³/mol. The quantitative estimate of drug-likeness (QED) is 0.365. The van der Waals surface area contributed by atoms with E-state index in [1.54, 1.807) is 0 Å². The highest BCUT2D eigenvalue weighted by Gasteiger charge is 2.28. The van der Waals surface area contributed by atoms with E-state index in [-0.39, 0.29) is 34.1 Å². The number of nitrogens with zero attached hydrogens (tertiary/aromatic N) is 2. The first-order valence-corrected chi connectivity index (χ1v) is 8.54. The van der Waals surface area contributed by atoms with Crippen molar-refractivity contribution in [2.24, 2.45) is 0 Å². The van der Waals surface area contributed by atoms with Gasteiger partial charge in [-0.15, -0.1) is 0 Å². The van der Waals surface area contributed by atoms with Crippen LogP contribution in [0.3, 0.4) is 0 Å². The van der Waals surface area contributed by atoms with Crippen molar-refractivity contribution in [3.8, 4) is 6.07 Å². The van der Waals surface area contributed by atoms with Crippen LogP contribution in [0, 0.1) is 23.0 Å². The number of anilines is 1. The maximum Gasteiger partial charge on any atom is 0.399 e. The Kier molecular flexibility index (Phi) is 5.24. The molecule has 1 aromatic carbocycles. The molecule has 0 fully saturated rings. The smallest absolute Gasteiger partial charge is 0.345 e. The van der Waals surface area contributed by atoms with Crippen molar-refractivity contribution in [3.05, 3.63) is 58.9 Å². The van der Waals surface area contributed by atoms with E-state index >= 15 is 0 Å². The summed E-state index contributed by atoms with van der Waals surface area (Å²) in [5.74, 6) is -4.84. The van der Waals surface area contributed by atoms with Gasteiger partial charge >= 0.3 is 6.18 Å². The Morgan fingerprint density at radius 3 is 2.75 bits per heavy atom. The number of benzene rings is 1. The molecule has 28 heavy (non-hydrogen) atoms. The Morgan fingerprint density at radius 1 is 1.32 bits per heavy atom. The number of aromatic nitrogens is 2. The third kappa shape index (κ3) is 3.91. The Balaban J connectivity index is 1.98. The van der Waals surface area contributed by atoms with Crippen molar-refractivity contribution in [1.82, 2.24) is 9.97 Å². The van der Waals surface area contributed by atoms with Crippen LogP contribution in [-0.2, 0) is 0 Å². The number of hydrogen-bond donors (Lipinski definition) is 2. The molecule has 0 bridgehead atoms. The second-order valence-corrected chi connectivity index (χ2v) is 6.33. The van der Waals surface area contributed by atoms with Gasteiger partial charge in [0.05, 0.1) is 16.8 Å². The molecule has 0 aliphatic heterocycles. The first-order chi connectivity index (χ1) is 13.2. The van der Waals surface area contributed by atoms with Gasteiger partial charge in [0.2, 0.25) is 5.78 Å². The van der Waals surface area contributed by atoms with Gasteiger partial charge in [0.15, 0.2) is 5.82 Å². The van der Waals surface area contributed by atoms with Crippen LogP contribution in [0.4, 0.5) is 27.6 Å². The Hall–Kier alpha value is -3.13. The number of aromatic amines is 1. The van der Waals surface area contributed by atoms with Crippen LogP contribution in [-0.4, -0.2) is 27.7 Å². The number of pyridine rings is 1. The van der Waals surface area contributed by atoms with Crippen LogP contribution >= 0.6 is 11.9 Å². The molecule has 0 radical (unpaired) electrons. The lowest BCUT2D eigenvalue weighted by Crippen LogP contribution is -2.13. The largest absolute Gasteiger partial charge is 0.399 e. The summed E-state index contributed by atoms with van der Waals surface area (Å²) in [6, 6.07) is 4.85. The number of halogens is 5. The zero-order valence-electron chi connectivity index (χ0n) is 13.7. The van der Waals surface area contributed by atoms with Crippen LogP contribution in [0.25, 0.3) is 11.0 Å². The third-order valence-electron chi connectivity index (χ3n) is 3.64. The SMILES string of the molecule is N#Cc1cnc2[nH]cc(C(=O)c3c(F)ccc(NSCC(F)(F)F)c3F)c2c1. The standard InChI is InChI=1S/C17H9F5N4OS/c18-11-1-2-12(26-28-7-17(20,21)22)14(19)13(11)15(27)10-6-25-16-9(10)3-8(4-23)5-24-16/h1-3,5-6,26H,7H2,(H,24,25).